The Hall–Kier alpha value is -0.510. The zero-order chi connectivity index (χ0) is 8.10. The van der Waals surface area contributed by atoms with E-state index in [0.717, 1.165) is 12.1 Å². The Labute approximate surface area is 90.7 Å². The third-order valence-corrected chi connectivity index (χ3v) is 1.39. The van der Waals surface area contributed by atoms with Crippen molar-refractivity contribution in [1.29, 1.82) is 0 Å². The van der Waals surface area contributed by atoms with Crippen LogP contribution >= 0.6 is 24.8 Å². The van der Waals surface area contributed by atoms with E-state index in [2.05, 4.69) is 10.3 Å². The molecular formula is C8H14Cl2N2O. The molecule has 0 aliphatic rings. The van der Waals surface area contributed by atoms with Crippen molar-refractivity contribution in [3.8, 4) is 5.88 Å². The highest BCUT2D eigenvalue weighted by atomic mass is 35.5. The highest BCUT2D eigenvalue weighted by Gasteiger charge is 1.92. The Morgan fingerprint density at radius 1 is 1.38 bits per heavy atom. The fraction of sp³-hybridized carbons (Fsp3) is 0.375. The molecule has 0 bridgehead atoms. The van der Waals surface area contributed by atoms with Crippen LogP contribution in [0.25, 0.3) is 0 Å². The number of hydrogen-bond acceptors (Lipinski definition) is 3. The van der Waals surface area contributed by atoms with Gasteiger partial charge in [-0.05, 0) is 12.6 Å². The summed E-state index contributed by atoms with van der Waals surface area (Å²) in [7, 11) is 3.52. The minimum atomic E-state index is 0. The van der Waals surface area contributed by atoms with Crippen LogP contribution in [0.15, 0.2) is 18.3 Å². The smallest absolute Gasteiger partial charge is 0.212 e. The molecule has 0 saturated heterocycles. The van der Waals surface area contributed by atoms with Crippen LogP contribution in [0, 0.1) is 0 Å². The maximum atomic E-state index is 4.92. The van der Waals surface area contributed by atoms with Crippen LogP contribution in [-0.4, -0.2) is 19.1 Å². The SMILES string of the molecule is CNCc1ccc(OC)nc1.Cl.Cl. The maximum absolute atomic E-state index is 4.92. The van der Waals surface area contributed by atoms with E-state index < -0.39 is 0 Å². The molecule has 1 aromatic rings. The van der Waals surface area contributed by atoms with E-state index in [-0.39, 0.29) is 24.8 Å². The molecule has 5 heteroatoms. The molecular weight excluding hydrogens is 211 g/mol. The lowest BCUT2D eigenvalue weighted by Crippen LogP contribution is -2.05. The summed E-state index contributed by atoms with van der Waals surface area (Å²) in [6.45, 7) is 0.844. The molecule has 76 valence electrons. The van der Waals surface area contributed by atoms with Crippen molar-refractivity contribution in [2.45, 2.75) is 6.54 Å². The van der Waals surface area contributed by atoms with E-state index in [0.29, 0.717) is 5.88 Å². The van der Waals surface area contributed by atoms with Gasteiger partial charge >= 0.3 is 0 Å². The molecule has 1 rings (SSSR count). The van der Waals surface area contributed by atoms with Gasteiger partial charge in [0.15, 0.2) is 0 Å². The molecule has 0 saturated carbocycles. The van der Waals surface area contributed by atoms with Gasteiger partial charge in [-0.3, -0.25) is 0 Å². The van der Waals surface area contributed by atoms with Crippen LogP contribution in [0.2, 0.25) is 0 Å². The Morgan fingerprint density at radius 3 is 2.46 bits per heavy atom. The molecule has 0 fully saturated rings. The largest absolute Gasteiger partial charge is 0.481 e. The van der Waals surface area contributed by atoms with Crippen LogP contribution in [0.4, 0.5) is 0 Å². The number of methoxy groups -OCH3 is 1. The molecule has 0 aliphatic heterocycles. The first-order valence-corrected chi connectivity index (χ1v) is 3.50. The van der Waals surface area contributed by atoms with Crippen molar-refractivity contribution in [1.82, 2.24) is 10.3 Å². The quantitative estimate of drug-likeness (QED) is 0.849. The number of ether oxygens (including phenoxy) is 1. The van der Waals surface area contributed by atoms with E-state index in [9.17, 15) is 0 Å². The molecule has 0 atom stereocenters. The third kappa shape index (κ3) is 4.93. The van der Waals surface area contributed by atoms with E-state index in [4.69, 9.17) is 4.74 Å². The summed E-state index contributed by atoms with van der Waals surface area (Å²) >= 11 is 0. The molecule has 0 spiro atoms. The normalized spacial score (nSPS) is 8.15. The monoisotopic (exact) mass is 224 g/mol. The maximum Gasteiger partial charge on any atom is 0.212 e. The van der Waals surface area contributed by atoms with Gasteiger partial charge in [-0.1, -0.05) is 6.07 Å². The molecule has 1 heterocycles. The second-order valence-electron chi connectivity index (χ2n) is 2.24. The average Bonchev–Trinajstić information content (AvgIpc) is 2.07. The van der Waals surface area contributed by atoms with Crippen LogP contribution < -0.4 is 10.1 Å². The van der Waals surface area contributed by atoms with E-state index in [1.54, 1.807) is 13.3 Å². The van der Waals surface area contributed by atoms with Crippen LogP contribution in [0.5, 0.6) is 5.88 Å². The summed E-state index contributed by atoms with van der Waals surface area (Å²) in [6.07, 6.45) is 1.80. The molecule has 1 N–H and O–H groups in total. The summed E-state index contributed by atoms with van der Waals surface area (Å²) in [5, 5.41) is 3.04. The number of rotatable bonds is 3. The van der Waals surface area contributed by atoms with E-state index in [1.807, 2.05) is 19.2 Å². The van der Waals surface area contributed by atoms with Crippen LogP contribution in [0.1, 0.15) is 5.56 Å². The zero-order valence-corrected chi connectivity index (χ0v) is 9.24. The molecule has 1 aromatic heterocycles. The van der Waals surface area contributed by atoms with Crippen molar-refractivity contribution in [3.05, 3.63) is 23.9 Å². The predicted octanol–water partition coefficient (Wildman–Crippen LogP) is 1.65. The summed E-state index contributed by atoms with van der Waals surface area (Å²) in [5.41, 5.74) is 1.16. The number of pyridine rings is 1. The van der Waals surface area contributed by atoms with Crippen molar-refractivity contribution in [2.24, 2.45) is 0 Å². The van der Waals surface area contributed by atoms with Gasteiger partial charge in [0.25, 0.3) is 0 Å². The lowest BCUT2D eigenvalue weighted by atomic mass is 10.3. The summed E-state index contributed by atoms with van der Waals surface area (Å²) in [4.78, 5) is 4.05. The van der Waals surface area contributed by atoms with Gasteiger partial charge in [-0.2, -0.15) is 0 Å². The van der Waals surface area contributed by atoms with Gasteiger partial charge in [0.1, 0.15) is 0 Å². The minimum absolute atomic E-state index is 0. The molecule has 0 aromatic carbocycles. The molecule has 13 heavy (non-hydrogen) atoms. The van der Waals surface area contributed by atoms with E-state index in [1.165, 1.54) is 0 Å². The van der Waals surface area contributed by atoms with Crippen molar-refractivity contribution in [2.75, 3.05) is 14.2 Å². The van der Waals surface area contributed by atoms with E-state index >= 15 is 0 Å². The lowest BCUT2D eigenvalue weighted by Gasteiger charge is -2.00. The van der Waals surface area contributed by atoms with Gasteiger partial charge in [-0.15, -0.1) is 24.8 Å². The molecule has 0 unspecified atom stereocenters. The number of nitrogens with zero attached hydrogens (tertiary/aromatic N) is 1. The van der Waals surface area contributed by atoms with Crippen molar-refractivity contribution >= 4 is 24.8 Å². The summed E-state index contributed by atoms with van der Waals surface area (Å²) in [5.74, 6) is 0.657. The Bertz CT molecular complexity index is 216. The van der Waals surface area contributed by atoms with Crippen molar-refractivity contribution in [3.63, 3.8) is 0 Å². The first-order valence-electron chi connectivity index (χ1n) is 3.50. The van der Waals surface area contributed by atoms with Gasteiger partial charge in [-0.25, -0.2) is 4.98 Å². The zero-order valence-electron chi connectivity index (χ0n) is 7.61. The average molecular weight is 225 g/mol. The minimum Gasteiger partial charge on any atom is -0.481 e. The number of aromatic nitrogens is 1. The van der Waals surface area contributed by atoms with Crippen LogP contribution in [-0.2, 0) is 6.54 Å². The van der Waals surface area contributed by atoms with Crippen molar-refractivity contribution < 1.29 is 4.74 Å². The Balaban J connectivity index is 0. The first kappa shape index (κ1) is 15.0. The second-order valence-corrected chi connectivity index (χ2v) is 2.24. The Kier molecular flexibility index (Phi) is 9.34. The lowest BCUT2D eigenvalue weighted by molar-refractivity contribution is 0.397. The van der Waals surface area contributed by atoms with Gasteiger partial charge in [0.05, 0.1) is 7.11 Å². The van der Waals surface area contributed by atoms with Gasteiger partial charge in [0.2, 0.25) is 5.88 Å². The Morgan fingerprint density at radius 2 is 2.08 bits per heavy atom. The topological polar surface area (TPSA) is 34.1 Å². The van der Waals surface area contributed by atoms with Crippen LogP contribution in [0.3, 0.4) is 0 Å². The number of nitrogens with one attached hydrogen (secondary N) is 1. The first-order chi connectivity index (χ1) is 5.36. The second kappa shape index (κ2) is 8.10. The molecule has 0 aliphatic carbocycles. The number of hydrogen-bond donors (Lipinski definition) is 1. The molecule has 0 amide bonds. The predicted molar refractivity (Wildman–Crippen MR) is 58.0 cm³/mol. The highest BCUT2D eigenvalue weighted by molar-refractivity contribution is 5.85. The third-order valence-electron chi connectivity index (χ3n) is 1.39. The fourth-order valence-electron chi connectivity index (χ4n) is 0.840. The molecule has 0 radical (unpaired) electrons. The van der Waals surface area contributed by atoms with Gasteiger partial charge in [0, 0.05) is 18.8 Å². The number of halogens is 2. The highest BCUT2D eigenvalue weighted by Crippen LogP contribution is 2.05. The standard InChI is InChI=1S/C8H12N2O.2ClH/c1-9-5-7-3-4-8(11-2)10-6-7;;/h3-4,6,9H,5H2,1-2H3;2*1H. The fourth-order valence-corrected chi connectivity index (χ4v) is 0.840. The van der Waals surface area contributed by atoms with Gasteiger partial charge < -0.3 is 10.1 Å². The summed E-state index contributed by atoms with van der Waals surface area (Å²) in [6, 6.07) is 3.84. The summed E-state index contributed by atoms with van der Waals surface area (Å²) < 4.78 is 4.92. The molecule has 3 nitrogen and oxygen atoms in total.